The van der Waals surface area contributed by atoms with E-state index in [1.165, 1.54) is 17.7 Å². The van der Waals surface area contributed by atoms with Crippen LogP contribution in [-0.2, 0) is 0 Å². The van der Waals surface area contributed by atoms with Crippen LogP contribution >= 0.6 is 11.3 Å². The molecule has 1 aliphatic heterocycles. The Balaban J connectivity index is 1.37. The third-order valence-electron chi connectivity index (χ3n) is 4.11. The minimum atomic E-state index is -0.162. The Morgan fingerprint density at radius 2 is 2.32 bits per heavy atom. The highest BCUT2D eigenvalue weighted by atomic mass is 32.1. The van der Waals surface area contributed by atoms with Crippen molar-refractivity contribution < 1.29 is 9.32 Å². The van der Waals surface area contributed by atoms with Crippen LogP contribution in [0.5, 0.6) is 0 Å². The van der Waals surface area contributed by atoms with Gasteiger partial charge in [0.25, 0.3) is 5.91 Å². The van der Waals surface area contributed by atoms with Crippen LogP contribution in [0.2, 0.25) is 0 Å². The highest BCUT2D eigenvalue weighted by molar-refractivity contribution is 7.10. The quantitative estimate of drug-likeness (QED) is 0.920. The number of aromatic nitrogens is 1. The van der Waals surface area contributed by atoms with E-state index in [9.17, 15) is 4.79 Å². The van der Waals surface area contributed by atoms with Gasteiger partial charge in [-0.15, -0.1) is 11.3 Å². The highest BCUT2D eigenvalue weighted by Gasteiger charge is 2.21. The Hall–Kier alpha value is -1.66. The predicted molar refractivity (Wildman–Crippen MR) is 86.3 cm³/mol. The minimum absolute atomic E-state index is 0.162. The van der Waals surface area contributed by atoms with Crippen molar-refractivity contribution in [3.63, 3.8) is 0 Å². The van der Waals surface area contributed by atoms with E-state index in [2.05, 4.69) is 32.9 Å². The Morgan fingerprint density at radius 1 is 1.50 bits per heavy atom. The first-order valence-corrected chi connectivity index (χ1v) is 8.57. The van der Waals surface area contributed by atoms with Crippen LogP contribution in [0.15, 0.2) is 28.1 Å². The van der Waals surface area contributed by atoms with Crippen LogP contribution in [0, 0.1) is 6.92 Å². The van der Waals surface area contributed by atoms with Crippen molar-refractivity contribution in [1.29, 1.82) is 0 Å². The first kappa shape index (κ1) is 15.2. The van der Waals surface area contributed by atoms with E-state index in [0.717, 1.165) is 19.6 Å². The predicted octanol–water partition coefficient (Wildman–Crippen LogP) is 2.65. The fourth-order valence-electron chi connectivity index (χ4n) is 2.86. The number of hydrogen-bond donors (Lipinski definition) is 1. The summed E-state index contributed by atoms with van der Waals surface area (Å²) < 4.78 is 4.91. The van der Waals surface area contributed by atoms with Crippen molar-refractivity contribution in [3.8, 4) is 0 Å². The summed E-state index contributed by atoms with van der Waals surface area (Å²) in [5.41, 5.74) is 0.355. The molecule has 1 fully saturated rings. The van der Waals surface area contributed by atoms with Crippen molar-refractivity contribution in [2.24, 2.45) is 0 Å². The standard InChI is InChI=1S/C16H21N3O2S/c1-12-11-14(18-21-12)16(20)17-6-9-19-7-4-13(5-8-19)15-3-2-10-22-15/h2-3,10-11,13H,4-9H2,1H3,(H,17,20). The zero-order valence-corrected chi connectivity index (χ0v) is 13.6. The summed E-state index contributed by atoms with van der Waals surface area (Å²) in [6.07, 6.45) is 2.41. The molecule has 0 bridgehead atoms. The Morgan fingerprint density at radius 3 is 2.95 bits per heavy atom. The van der Waals surface area contributed by atoms with Gasteiger partial charge in [0, 0.05) is 24.0 Å². The van der Waals surface area contributed by atoms with Gasteiger partial charge in [-0.2, -0.15) is 0 Å². The maximum Gasteiger partial charge on any atom is 0.273 e. The molecule has 3 rings (SSSR count). The van der Waals surface area contributed by atoms with Gasteiger partial charge in [-0.05, 0) is 50.2 Å². The van der Waals surface area contributed by atoms with Crippen LogP contribution in [0.4, 0.5) is 0 Å². The molecule has 22 heavy (non-hydrogen) atoms. The van der Waals surface area contributed by atoms with Crippen LogP contribution in [0.25, 0.3) is 0 Å². The Labute approximate surface area is 134 Å². The van der Waals surface area contributed by atoms with Gasteiger partial charge in [0.2, 0.25) is 0 Å². The second-order valence-electron chi connectivity index (χ2n) is 5.71. The molecule has 0 aliphatic carbocycles. The van der Waals surface area contributed by atoms with Crippen LogP contribution < -0.4 is 5.32 Å². The normalized spacial score (nSPS) is 16.8. The lowest BCUT2D eigenvalue weighted by atomic mass is 9.95. The summed E-state index contributed by atoms with van der Waals surface area (Å²) in [6.45, 7) is 5.51. The lowest BCUT2D eigenvalue weighted by Crippen LogP contribution is -2.39. The van der Waals surface area contributed by atoms with Crippen molar-refractivity contribution in [2.45, 2.75) is 25.7 Å². The summed E-state index contributed by atoms with van der Waals surface area (Å²) >= 11 is 1.86. The molecule has 1 saturated heterocycles. The minimum Gasteiger partial charge on any atom is -0.361 e. The molecule has 0 aromatic carbocycles. The molecule has 118 valence electrons. The van der Waals surface area contributed by atoms with Crippen LogP contribution in [0.3, 0.4) is 0 Å². The topological polar surface area (TPSA) is 58.4 Å². The third-order valence-corrected chi connectivity index (χ3v) is 5.14. The molecule has 0 spiro atoms. The number of thiophene rings is 1. The van der Waals surface area contributed by atoms with Crippen molar-refractivity contribution in [1.82, 2.24) is 15.4 Å². The molecule has 0 atom stereocenters. The molecule has 1 N–H and O–H groups in total. The smallest absolute Gasteiger partial charge is 0.273 e. The van der Waals surface area contributed by atoms with Crippen LogP contribution in [0.1, 0.15) is 39.9 Å². The number of carbonyl (C=O) groups excluding carboxylic acids is 1. The number of carbonyl (C=O) groups is 1. The fraction of sp³-hybridized carbons (Fsp3) is 0.500. The van der Waals surface area contributed by atoms with Gasteiger partial charge >= 0.3 is 0 Å². The first-order valence-electron chi connectivity index (χ1n) is 7.69. The number of nitrogens with one attached hydrogen (secondary N) is 1. The third kappa shape index (κ3) is 3.75. The zero-order chi connectivity index (χ0) is 15.4. The van der Waals surface area contributed by atoms with Gasteiger partial charge in [-0.1, -0.05) is 11.2 Å². The number of hydrogen-bond acceptors (Lipinski definition) is 5. The Bertz CT molecular complexity index is 601. The van der Waals surface area contributed by atoms with E-state index in [1.54, 1.807) is 13.0 Å². The average Bonchev–Trinajstić information content (AvgIpc) is 3.19. The van der Waals surface area contributed by atoms with Gasteiger partial charge in [0.05, 0.1) is 0 Å². The van der Waals surface area contributed by atoms with Gasteiger partial charge in [0.1, 0.15) is 5.76 Å². The number of piperidine rings is 1. The van der Waals surface area contributed by atoms with E-state index in [0.29, 0.717) is 23.9 Å². The maximum absolute atomic E-state index is 11.9. The monoisotopic (exact) mass is 319 g/mol. The molecule has 0 radical (unpaired) electrons. The van der Waals surface area contributed by atoms with Gasteiger partial charge < -0.3 is 14.7 Å². The molecular weight excluding hydrogens is 298 g/mol. The molecule has 3 heterocycles. The van der Waals surface area contributed by atoms with E-state index in [-0.39, 0.29) is 5.91 Å². The molecule has 1 amide bonds. The first-order chi connectivity index (χ1) is 10.7. The van der Waals surface area contributed by atoms with Crippen molar-refractivity contribution >= 4 is 17.2 Å². The van der Waals surface area contributed by atoms with E-state index in [4.69, 9.17) is 4.52 Å². The number of aryl methyl sites for hydroxylation is 1. The second-order valence-corrected chi connectivity index (χ2v) is 6.69. The molecular formula is C16H21N3O2S. The lowest BCUT2D eigenvalue weighted by Gasteiger charge is -2.31. The van der Waals surface area contributed by atoms with E-state index >= 15 is 0 Å². The molecule has 0 saturated carbocycles. The van der Waals surface area contributed by atoms with Gasteiger partial charge in [-0.3, -0.25) is 4.79 Å². The SMILES string of the molecule is Cc1cc(C(=O)NCCN2CCC(c3cccs3)CC2)no1. The molecule has 5 nitrogen and oxygen atoms in total. The maximum atomic E-state index is 11.9. The van der Waals surface area contributed by atoms with Crippen molar-refractivity contribution in [3.05, 3.63) is 39.9 Å². The van der Waals surface area contributed by atoms with Crippen LogP contribution in [-0.4, -0.2) is 42.1 Å². The molecule has 6 heteroatoms. The summed E-state index contributed by atoms with van der Waals surface area (Å²) in [5.74, 6) is 1.20. The van der Waals surface area contributed by atoms with E-state index in [1.807, 2.05) is 11.3 Å². The Kier molecular flexibility index (Phi) is 4.90. The molecule has 2 aromatic rings. The highest BCUT2D eigenvalue weighted by Crippen LogP contribution is 2.30. The fourth-order valence-corrected chi connectivity index (χ4v) is 3.76. The summed E-state index contributed by atoms with van der Waals surface area (Å²) in [5, 5.41) is 8.77. The number of likely N-dealkylation sites (tertiary alicyclic amines) is 1. The number of amides is 1. The van der Waals surface area contributed by atoms with E-state index < -0.39 is 0 Å². The largest absolute Gasteiger partial charge is 0.361 e. The molecule has 1 aliphatic rings. The van der Waals surface area contributed by atoms with Gasteiger partial charge in [0.15, 0.2) is 5.69 Å². The molecule has 2 aromatic heterocycles. The lowest BCUT2D eigenvalue weighted by molar-refractivity contribution is 0.0936. The average molecular weight is 319 g/mol. The zero-order valence-electron chi connectivity index (χ0n) is 12.7. The number of rotatable bonds is 5. The summed E-state index contributed by atoms with van der Waals surface area (Å²) in [6, 6.07) is 6.03. The second kappa shape index (κ2) is 7.07. The number of nitrogens with zero attached hydrogens (tertiary/aromatic N) is 2. The van der Waals surface area contributed by atoms with Crippen molar-refractivity contribution in [2.75, 3.05) is 26.2 Å². The summed E-state index contributed by atoms with van der Waals surface area (Å²) in [7, 11) is 0. The summed E-state index contributed by atoms with van der Waals surface area (Å²) in [4.78, 5) is 15.8. The molecule has 0 unspecified atom stereocenters. The van der Waals surface area contributed by atoms with Gasteiger partial charge in [-0.25, -0.2) is 0 Å².